The molecule has 0 bridgehead atoms. The van der Waals surface area contributed by atoms with Crippen molar-refractivity contribution < 1.29 is 9.59 Å². The maximum Gasteiger partial charge on any atom is 0.254 e. The summed E-state index contributed by atoms with van der Waals surface area (Å²) in [5, 5.41) is 3.08. The number of nitrogens with one attached hydrogen (secondary N) is 1. The first-order valence-electron chi connectivity index (χ1n) is 10.7. The molecule has 2 amide bonds. The number of nitrogens with zero attached hydrogens (tertiary/aromatic N) is 2. The summed E-state index contributed by atoms with van der Waals surface area (Å²) in [6.07, 6.45) is 9.19. The van der Waals surface area contributed by atoms with Crippen LogP contribution < -0.4 is 5.32 Å². The molecule has 5 nitrogen and oxygen atoms in total. The lowest BCUT2D eigenvalue weighted by atomic mass is 9.64. The van der Waals surface area contributed by atoms with Crippen LogP contribution in [0.25, 0.3) is 0 Å². The predicted molar refractivity (Wildman–Crippen MR) is 114 cm³/mol. The minimum atomic E-state index is -0.467. The average molecular weight is 392 g/mol. The Kier molecular flexibility index (Phi) is 5.39. The van der Waals surface area contributed by atoms with Crippen LogP contribution in [0.3, 0.4) is 0 Å². The topological polar surface area (TPSA) is 62.3 Å². The summed E-state index contributed by atoms with van der Waals surface area (Å²) in [7, 11) is 0. The fourth-order valence-electron chi connectivity index (χ4n) is 5.26. The fourth-order valence-corrected chi connectivity index (χ4v) is 5.26. The monoisotopic (exact) mass is 391 g/mol. The van der Waals surface area contributed by atoms with Gasteiger partial charge in [-0.15, -0.1) is 0 Å². The van der Waals surface area contributed by atoms with E-state index < -0.39 is 5.54 Å². The van der Waals surface area contributed by atoms with Crippen LogP contribution in [-0.2, 0) is 4.79 Å². The molecule has 152 valence electrons. The molecule has 1 aromatic heterocycles. The van der Waals surface area contributed by atoms with E-state index in [1.807, 2.05) is 36.4 Å². The van der Waals surface area contributed by atoms with Crippen molar-refractivity contribution in [3.63, 3.8) is 0 Å². The average Bonchev–Trinajstić information content (AvgIpc) is 2.75. The molecule has 0 saturated heterocycles. The smallest absolute Gasteiger partial charge is 0.254 e. The van der Waals surface area contributed by atoms with Crippen LogP contribution in [0.15, 0.2) is 48.8 Å². The Hall–Kier alpha value is -2.69. The Morgan fingerprint density at radius 2 is 1.97 bits per heavy atom. The Bertz CT molecular complexity index is 890. The lowest BCUT2D eigenvalue weighted by molar-refractivity contribution is -0.122. The van der Waals surface area contributed by atoms with E-state index >= 15 is 0 Å². The molecule has 0 radical (unpaired) electrons. The highest BCUT2D eigenvalue weighted by molar-refractivity contribution is 6.05. The summed E-state index contributed by atoms with van der Waals surface area (Å²) >= 11 is 0. The number of hydrogen-bond acceptors (Lipinski definition) is 3. The number of rotatable bonds is 4. The zero-order valence-corrected chi connectivity index (χ0v) is 17.2. The zero-order chi connectivity index (χ0) is 20.4. The molecule has 29 heavy (non-hydrogen) atoms. The van der Waals surface area contributed by atoms with Gasteiger partial charge in [0.2, 0.25) is 5.91 Å². The first-order chi connectivity index (χ1) is 14.1. The highest BCUT2D eigenvalue weighted by Gasteiger charge is 2.55. The molecule has 1 spiro atoms. The Labute approximate surface area is 172 Å². The minimum Gasteiger partial charge on any atom is -0.329 e. The Morgan fingerprint density at radius 3 is 2.66 bits per heavy atom. The van der Waals surface area contributed by atoms with Gasteiger partial charge in [0.15, 0.2) is 0 Å². The van der Waals surface area contributed by atoms with Crippen molar-refractivity contribution in [1.82, 2.24) is 9.88 Å². The third-order valence-electron chi connectivity index (χ3n) is 6.68. The molecule has 4 rings (SSSR count). The number of aromatic nitrogens is 1. The van der Waals surface area contributed by atoms with Gasteiger partial charge >= 0.3 is 0 Å². The van der Waals surface area contributed by atoms with Crippen LogP contribution in [0.5, 0.6) is 0 Å². The first kappa shape index (κ1) is 19.6. The predicted octanol–water partition coefficient (Wildman–Crippen LogP) is 4.76. The van der Waals surface area contributed by atoms with Gasteiger partial charge < -0.3 is 10.2 Å². The number of fused-ring (bicyclic) bond motifs is 1. The van der Waals surface area contributed by atoms with E-state index in [0.717, 1.165) is 44.1 Å². The minimum absolute atomic E-state index is 0.0480. The largest absolute Gasteiger partial charge is 0.329 e. The molecule has 2 atom stereocenters. The second kappa shape index (κ2) is 7.97. The molecular weight excluding hydrogens is 362 g/mol. The Morgan fingerprint density at radius 1 is 1.21 bits per heavy atom. The number of amides is 2. The van der Waals surface area contributed by atoms with E-state index in [1.165, 1.54) is 0 Å². The van der Waals surface area contributed by atoms with Gasteiger partial charge in [0, 0.05) is 17.8 Å². The first-order valence-corrected chi connectivity index (χ1v) is 10.7. The van der Waals surface area contributed by atoms with Crippen molar-refractivity contribution in [2.75, 3.05) is 5.32 Å². The zero-order valence-electron chi connectivity index (χ0n) is 17.2. The number of pyridine rings is 1. The number of carbonyl (C=O) groups is 2. The van der Waals surface area contributed by atoms with Crippen LogP contribution >= 0.6 is 0 Å². The normalized spacial score (nSPS) is 21.5. The van der Waals surface area contributed by atoms with Gasteiger partial charge in [0.05, 0.1) is 23.3 Å². The van der Waals surface area contributed by atoms with Crippen molar-refractivity contribution in [2.24, 2.45) is 0 Å². The second-order valence-electron chi connectivity index (χ2n) is 8.35. The molecular formula is C24H29N3O2. The van der Waals surface area contributed by atoms with E-state index in [4.69, 9.17) is 0 Å². The summed E-state index contributed by atoms with van der Waals surface area (Å²) in [5.41, 5.74) is 1.74. The third-order valence-corrected chi connectivity index (χ3v) is 6.68. The van der Waals surface area contributed by atoms with Gasteiger partial charge in [0.25, 0.3) is 5.91 Å². The number of benzene rings is 1. The third kappa shape index (κ3) is 3.33. The number of carbonyl (C=O) groups excluding carboxylic acids is 2. The van der Waals surface area contributed by atoms with E-state index in [2.05, 4.69) is 29.0 Å². The van der Waals surface area contributed by atoms with Gasteiger partial charge in [-0.3, -0.25) is 14.6 Å². The van der Waals surface area contributed by atoms with E-state index in [9.17, 15) is 9.59 Å². The molecule has 2 aromatic rings. The van der Waals surface area contributed by atoms with Gasteiger partial charge in [-0.25, -0.2) is 0 Å². The maximum atomic E-state index is 13.7. The van der Waals surface area contributed by atoms with Crippen molar-refractivity contribution in [2.45, 2.75) is 69.9 Å². The van der Waals surface area contributed by atoms with Crippen molar-refractivity contribution in [1.29, 1.82) is 0 Å². The van der Waals surface area contributed by atoms with Gasteiger partial charge in [-0.2, -0.15) is 0 Å². The summed E-state index contributed by atoms with van der Waals surface area (Å²) < 4.78 is 0. The van der Waals surface area contributed by atoms with E-state index in [0.29, 0.717) is 11.3 Å². The molecule has 1 saturated carbocycles. The summed E-state index contributed by atoms with van der Waals surface area (Å²) in [5.74, 6) is -0.360. The molecule has 1 aliphatic carbocycles. The van der Waals surface area contributed by atoms with Crippen LogP contribution in [0.4, 0.5) is 5.69 Å². The number of anilines is 1. The molecule has 1 aliphatic heterocycles. The van der Waals surface area contributed by atoms with Crippen LogP contribution in [0.1, 0.15) is 74.2 Å². The lowest BCUT2D eigenvalue weighted by Gasteiger charge is -2.55. The molecule has 5 heteroatoms. The molecule has 2 heterocycles. The van der Waals surface area contributed by atoms with Gasteiger partial charge in [-0.05, 0) is 49.9 Å². The van der Waals surface area contributed by atoms with Crippen molar-refractivity contribution in [3.8, 4) is 0 Å². The second-order valence-corrected chi connectivity index (χ2v) is 8.35. The summed E-state index contributed by atoms with van der Waals surface area (Å²) in [6.45, 7) is 4.22. The van der Waals surface area contributed by atoms with E-state index in [-0.39, 0.29) is 23.8 Å². The van der Waals surface area contributed by atoms with Gasteiger partial charge in [0.1, 0.15) is 0 Å². The highest BCUT2D eigenvalue weighted by atomic mass is 16.2. The fraction of sp³-hybridized carbons (Fsp3) is 0.458. The molecule has 2 unspecified atom stereocenters. The highest BCUT2D eigenvalue weighted by Crippen LogP contribution is 2.50. The quantitative estimate of drug-likeness (QED) is 0.817. The van der Waals surface area contributed by atoms with Crippen LogP contribution in [0, 0.1) is 0 Å². The molecule has 1 fully saturated rings. The summed E-state index contributed by atoms with van der Waals surface area (Å²) in [6, 6.07) is 11.4. The Balaban J connectivity index is 1.85. The number of hydrogen-bond donors (Lipinski definition) is 1. The van der Waals surface area contributed by atoms with Gasteiger partial charge in [-0.1, -0.05) is 44.4 Å². The lowest BCUT2D eigenvalue weighted by Crippen LogP contribution is -2.64. The molecule has 2 aliphatic rings. The molecule has 1 aromatic carbocycles. The van der Waals surface area contributed by atoms with Crippen LogP contribution in [0.2, 0.25) is 0 Å². The van der Waals surface area contributed by atoms with E-state index in [1.54, 1.807) is 12.4 Å². The van der Waals surface area contributed by atoms with Crippen molar-refractivity contribution >= 4 is 17.5 Å². The van der Waals surface area contributed by atoms with Crippen molar-refractivity contribution in [3.05, 3.63) is 59.9 Å². The molecule has 1 N–H and O–H groups in total. The SMILES string of the molecule is CCC(C)N1C(=O)c2ccccc2C(C(=O)Nc2cccnc2)C12CCCCC2. The summed E-state index contributed by atoms with van der Waals surface area (Å²) in [4.78, 5) is 33.5. The maximum absolute atomic E-state index is 13.7. The van der Waals surface area contributed by atoms with Crippen LogP contribution in [-0.4, -0.2) is 33.3 Å². The standard InChI is InChI=1S/C24H29N3O2/c1-3-17(2)27-23(29)20-12-6-5-11-19(20)21(24(27)13-7-4-8-14-24)22(28)26-18-10-9-15-25-16-18/h5-6,9-12,15-17,21H,3-4,7-8,13-14H2,1-2H3,(H,26,28).